The molecule has 3 heterocycles. The Morgan fingerprint density at radius 1 is 0.424 bits per heavy atom. The van der Waals surface area contributed by atoms with Gasteiger partial charge in [-0.25, -0.2) is 0 Å². The van der Waals surface area contributed by atoms with Gasteiger partial charge < -0.3 is 9.47 Å². The van der Waals surface area contributed by atoms with Crippen LogP contribution in [0.4, 0.5) is 17.1 Å². The molecule has 2 aliphatic rings. The van der Waals surface area contributed by atoms with Crippen LogP contribution in [0, 0.1) is 0 Å². The molecule has 13 rings (SSSR count). The molecule has 2 nitrogen and oxygen atoms in total. The van der Waals surface area contributed by atoms with E-state index in [0.29, 0.717) is 0 Å². The van der Waals surface area contributed by atoms with E-state index >= 15 is 0 Å². The summed E-state index contributed by atoms with van der Waals surface area (Å²) in [4.78, 5) is 2.51. The van der Waals surface area contributed by atoms with Crippen molar-refractivity contribution >= 4 is 70.4 Å². The first-order valence-electron chi connectivity index (χ1n) is 20.4. The maximum Gasteiger partial charge on any atom is 0.0547 e. The van der Waals surface area contributed by atoms with Crippen molar-refractivity contribution in [3.63, 3.8) is 0 Å². The Hall–Kier alpha value is -7.20. The van der Waals surface area contributed by atoms with Gasteiger partial charge in [-0.15, -0.1) is 11.3 Å². The number of nitrogens with zero attached hydrogens (tertiary/aromatic N) is 2. The van der Waals surface area contributed by atoms with Crippen LogP contribution >= 0.6 is 11.3 Å². The van der Waals surface area contributed by atoms with E-state index in [1.54, 1.807) is 0 Å². The summed E-state index contributed by atoms with van der Waals surface area (Å²) >= 11 is 1.89. The second kappa shape index (κ2) is 12.2. The molecule has 1 unspecified atom stereocenters. The van der Waals surface area contributed by atoms with Crippen molar-refractivity contribution in [3.8, 4) is 39.1 Å². The Kier molecular flexibility index (Phi) is 6.77. The highest BCUT2D eigenvalue weighted by molar-refractivity contribution is 7.26. The number of thiophene rings is 1. The standard InChI is InChI=1S/C56H36N2S/c1-56-46-23-8-5-16-41(46)43-21-13-26-51(54(43)56)58(38-31-28-35(29-32-38)40-20-11-22-44-42-17-7-10-27-52(42)59-55(40)44)49-33-30-36(34-47(49)56)39-19-12-25-50-53(39)45-18-6-9-24-48(45)57(50)37-14-3-2-4-15-37/h2-34H,1H3. The molecule has 2 aromatic heterocycles. The van der Waals surface area contributed by atoms with Gasteiger partial charge in [0.25, 0.3) is 0 Å². The van der Waals surface area contributed by atoms with E-state index in [4.69, 9.17) is 0 Å². The summed E-state index contributed by atoms with van der Waals surface area (Å²) in [5.41, 5.74) is 18.6. The molecule has 276 valence electrons. The predicted octanol–water partition coefficient (Wildman–Crippen LogP) is 15.6. The molecule has 11 aromatic rings. The smallest absolute Gasteiger partial charge is 0.0547 e. The average molecular weight is 769 g/mol. The third-order valence-electron chi connectivity index (χ3n) is 13.2. The largest absolute Gasteiger partial charge is 0.310 e. The number of anilines is 3. The first-order valence-corrected chi connectivity index (χ1v) is 21.3. The first-order chi connectivity index (χ1) is 29.2. The van der Waals surface area contributed by atoms with Gasteiger partial charge in [0.1, 0.15) is 0 Å². The van der Waals surface area contributed by atoms with Crippen molar-refractivity contribution in [2.45, 2.75) is 12.3 Å². The van der Waals surface area contributed by atoms with Crippen LogP contribution in [0.5, 0.6) is 0 Å². The van der Waals surface area contributed by atoms with E-state index < -0.39 is 0 Å². The summed E-state index contributed by atoms with van der Waals surface area (Å²) in [5.74, 6) is 0. The van der Waals surface area contributed by atoms with Crippen molar-refractivity contribution < 1.29 is 0 Å². The summed E-state index contributed by atoms with van der Waals surface area (Å²) in [5, 5.41) is 5.20. The molecule has 9 aromatic carbocycles. The Morgan fingerprint density at radius 2 is 1.08 bits per heavy atom. The van der Waals surface area contributed by atoms with E-state index in [1.807, 2.05) is 11.3 Å². The highest BCUT2D eigenvalue weighted by Crippen LogP contribution is 2.62. The molecular weight excluding hydrogens is 733 g/mol. The van der Waals surface area contributed by atoms with Crippen LogP contribution in [0.3, 0.4) is 0 Å². The van der Waals surface area contributed by atoms with Gasteiger partial charge in [-0.3, -0.25) is 0 Å². The third kappa shape index (κ3) is 4.45. The minimum absolute atomic E-state index is 0.340. The van der Waals surface area contributed by atoms with Crippen LogP contribution < -0.4 is 4.90 Å². The van der Waals surface area contributed by atoms with Crippen LogP contribution in [0.15, 0.2) is 200 Å². The highest BCUT2D eigenvalue weighted by atomic mass is 32.1. The lowest BCUT2D eigenvalue weighted by atomic mass is 9.70. The number of fused-ring (bicyclic) bond motifs is 11. The number of rotatable bonds is 4. The van der Waals surface area contributed by atoms with E-state index in [1.165, 1.54) is 109 Å². The Balaban J connectivity index is 1.02. The van der Waals surface area contributed by atoms with Gasteiger partial charge in [0.15, 0.2) is 0 Å². The number of hydrogen-bond acceptors (Lipinski definition) is 2. The maximum atomic E-state index is 2.51. The zero-order chi connectivity index (χ0) is 38.8. The lowest BCUT2D eigenvalue weighted by Gasteiger charge is -2.42. The summed E-state index contributed by atoms with van der Waals surface area (Å²) in [7, 11) is 0. The normalized spacial score (nSPS) is 15.2. The molecule has 0 bridgehead atoms. The van der Waals surface area contributed by atoms with E-state index in [9.17, 15) is 0 Å². The average Bonchev–Trinajstić information content (AvgIpc) is 3.94. The van der Waals surface area contributed by atoms with E-state index in [0.717, 1.165) is 5.69 Å². The van der Waals surface area contributed by atoms with Crippen LogP contribution in [0.25, 0.3) is 81.0 Å². The Morgan fingerprint density at radius 3 is 1.98 bits per heavy atom. The predicted molar refractivity (Wildman–Crippen MR) is 250 cm³/mol. The molecule has 0 fully saturated rings. The lowest BCUT2D eigenvalue weighted by molar-refractivity contribution is 0.702. The molecule has 0 radical (unpaired) electrons. The number of aromatic nitrogens is 1. The Labute approximate surface area is 346 Å². The van der Waals surface area contributed by atoms with Gasteiger partial charge in [0.05, 0.1) is 22.4 Å². The molecule has 0 amide bonds. The van der Waals surface area contributed by atoms with Crippen molar-refractivity contribution in [1.82, 2.24) is 4.57 Å². The topological polar surface area (TPSA) is 8.17 Å². The van der Waals surface area contributed by atoms with Crippen molar-refractivity contribution in [1.29, 1.82) is 0 Å². The Bertz CT molecular complexity index is 3520. The van der Waals surface area contributed by atoms with Gasteiger partial charge in [-0.1, -0.05) is 140 Å². The molecule has 59 heavy (non-hydrogen) atoms. The number of para-hydroxylation sites is 2. The van der Waals surface area contributed by atoms with Crippen molar-refractivity contribution in [3.05, 3.63) is 217 Å². The fourth-order valence-corrected chi connectivity index (χ4v) is 11.9. The van der Waals surface area contributed by atoms with E-state index in [-0.39, 0.29) is 5.41 Å². The summed E-state index contributed by atoms with van der Waals surface area (Å²) in [6, 6.07) is 74.4. The van der Waals surface area contributed by atoms with Gasteiger partial charge in [-0.05, 0) is 118 Å². The summed E-state index contributed by atoms with van der Waals surface area (Å²) in [6.45, 7) is 2.46. The van der Waals surface area contributed by atoms with Crippen LogP contribution in [-0.4, -0.2) is 4.57 Å². The number of hydrogen-bond donors (Lipinski definition) is 0. The quantitative estimate of drug-likeness (QED) is 0.173. The van der Waals surface area contributed by atoms with Gasteiger partial charge in [-0.2, -0.15) is 0 Å². The van der Waals surface area contributed by atoms with Crippen molar-refractivity contribution in [2.24, 2.45) is 0 Å². The first kappa shape index (κ1) is 32.8. The highest BCUT2D eigenvalue weighted by Gasteiger charge is 2.48. The minimum Gasteiger partial charge on any atom is -0.310 e. The fourth-order valence-electron chi connectivity index (χ4n) is 10.6. The molecular formula is C56H36N2S. The van der Waals surface area contributed by atoms with E-state index in [2.05, 4.69) is 217 Å². The van der Waals surface area contributed by atoms with Crippen LogP contribution in [-0.2, 0) is 5.41 Å². The molecule has 1 aliphatic carbocycles. The monoisotopic (exact) mass is 768 g/mol. The lowest BCUT2D eigenvalue weighted by Crippen LogP contribution is -2.32. The van der Waals surface area contributed by atoms with Gasteiger partial charge in [0.2, 0.25) is 0 Å². The van der Waals surface area contributed by atoms with Crippen LogP contribution in [0.2, 0.25) is 0 Å². The summed E-state index contributed by atoms with van der Waals surface area (Å²) < 4.78 is 5.08. The zero-order valence-corrected chi connectivity index (χ0v) is 33.2. The minimum atomic E-state index is -0.340. The summed E-state index contributed by atoms with van der Waals surface area (Å²) in [6.07, 6.45) is 0. The molecule has 0 saturated heterocycles. The van der Waals surface area contributed by atoms with Gasteiger partial charge in [0, 0.05) is 47.7 Å². The fraction of sp³-hybridized carbons (Fsp3) is 0.0357. The SMILES string of the molecule is CC12c3ccccc3-c3cccc(c31)N(c1ccc(-c3cccc4c3sc3ccccc34)cc1)c1ccc(-c3cccc4c3c3ccccc3n4-c3ccccc3)cc12. The molecule has 0 saturated carbocycles. The molecule has 1 aliphatic heterocycles. The molecule has 3 heteroatoms. The number of benzene rings is 9. The maximum absolute atomic E-state index is 2.51. The second-order valence-electron chi connectivity index (χ2n) is 16.2. The zero-order valence-electron chi connectivity index (χ0n) is 32.4. The molecule has 0 N–H and O–H groups in total. The van der Waals surface area contributed by atoms with Crippen LogP contribution in [0.1, 0.15) is 23.6 Å². The third-order valence-corrected chi connectivity index (χ3v) is 14.4. The van der Waals surface area contributed by atoms with Crippen molar-refractivity contribution in [2.75, 3.05) is 4.90 Å². The molecule has 1 atom stereocenters. The molecule has 0 spiro atoms. The van der Waals surface area contributed by atoms with Gasteiger partial charge >= 0.3 is 0 Å². The second-order valence-corrected chi connectivity index (χ2v) is 17.2.